The fraction of sp³-hybridized carbons (Fsp3) is 0.143. The second-order valence-corrected chi connectivity index (χ2v) is 8.16. The molecule has 4 heteroatoms. The normalized spacial score (nSPS) is 15.5. The number of pyridine rings is 1. The summed E-state index contributed by atoms with van der Waals surface area (Å²) in [6.45, 7) is 2.32. The number of allylic oxidation sites excluding steroid dienone is 1. The van der Waals surface area contributed by atoms with Crippen LogP contribution in [0.15, 0.2) is 84.9 Å². The third kappa shape index (κ3) is 3.69. The Bertz CT molecular complexity index is 1330. The molecule has 3 nitrogen and oxygen atoms in total. The average molecular weight is 423 g/mol. The number of halogens is 1. The number of nitrogens with one attached hydrogen (secondary N) is 1. The minimum Gasteiger partial charge on any atom is -0.351 e. The highest BCUT2D eigenvalue weighted by Crippen LogP contribution is 2.42. The van der Waals surface area contributed by atoms with Crippen molar-refractivity contribution in [2.45, 2.75) is 25.3 Å². The van der Waals surface area contributed by atoms with Crippen molar-refractivity contribution < 1.29 is 9.18 Å². The molecule has 1 amide bonds. The first-order valence-corrected chi connectivity index (χ1v) is 10.8. The lowest BCUT2D eigenvalue weighted by Crippen LogP contribution is -2.32. The molecular weight excluding hydrogens is 399 g/mol. The Kier molecular flexibility index (Phi) is 5.28. The van der Waals surface area contributed by atoms with Gasteiger partial charge in [0.05, 0.1) is 11.4 Å². The Hall–Kier alpha value is -3.79. The van der Waals surface area contributed by atoms with Crippen LogP contribution in [-0.2, 0) is 11.3 Å². The van der Waals surface area contributed by atoms with Gasteiger partial charge in [-0.1, -0.05) is 72.8 Å². The van der Waals surface area contributed by atoms with Crippen molar-refractivity contribution >= 4 is 22.9 Å². The van der Waals surface area contributed by atoms with E-state index in [1.54, 1.807) is 18.2 Å². The molecule has 4 aromatic rings. The number of hydrogen-bond donors (Lipinski definition) is 1. The van der Waals surface area contributed by atoms with Gasteiger partial charge >= 0.3 is 0 Å². The number of nitrogens with zero attached hydrogens (tertiary/aromatic N) is 1. The standard InChI is InChI=1S/C28H23FN2O/c1-18-23(16-24-25(29)12-7-13-26(24)31-18)27(22-15-14-20-10-5-6-11-21(20)22)28(32)30-17-19-8-3-2-4-9-19/h2-16,22,27H,17H2,1H3,(H,30,32). The molecule has 1 aliphatic rings. The van der Waals surface area contributed by atoms with E-state index in [2.05, 4.69) is 34.6 Å². The van der Waals surface area contributed by atoms with Gasteiger partial charge in [-0.3, -0.25) is 9.78 Å². The summed E-state index contributed by atoms with van der Waals surface area (Å²) in [5.41, 5.74) is 5.31. The number of fused-ring (bicyclic) bond motifs is 2. The maximum atomic E-state index is 14.6. The minimum absolute atomic E-state index is 0.0965. The zero-order valence-corrected chi connectivity index (χ0v) is 17.8. The molecule has 0 aliphatic heterocycles. The van der Waals surface area contributed by atoms with E-state index in [4.69, 9.17) is 0 Å². The number of aryl methyl sites for hydroxylation is 1. The summed E-state index contributed by atoms with van der Waals surface area (Å²) in [4.78, 5) is 18.3. The summed E-state index contributed by atoms with van der Waals surface area (Å²) in [6, 6.07) is 24.6. The highest BCUT2D eigenvalue weighted by molar-refractivity contribution is 5.89. The molecule has 0 radical (unpaired) electrons. The Balaban J connectivity index is 1.58. The van der Waals surface area contributed by atoms with E-state index in [0.29, 0.717) is 17.4 Å². The molecule has 1 heterocycles. The van der Waals surface area contributed by atoms with Crippen LogP contribution in [0.4, 0.5) is 4.39 Å². The van der Waals surface area contributed by atoms with Crippen LogP contribution in [0.2, 0.25) is 0 Å². The van der Waals surface area contributed by atoms with Crippen molar-refractivity contribution in [2.24, 2.45) is 0 Å². The molecule has 1 aromatic heterocycles. The van der Waals surface area contributed by atoms with Crippen LogP contribution in [-0.4, -0.2) is 10.9 Å². The second kappa shape index (κ2) is 8.39. The predicted octanol–water partition coefficient (Wildman–Crippen LogP) is 5.89. The number of carbonyl (C=O) groups excluding carboxylic acids is 1. The van der Waals surface area contributed by atoms with E-state index in [1.807, 2.05) is 49.4 Å². The summed E-state index contributed by atoms with van der Waals surface area (Å²) < 4.78 is 14.6. The lowest BCUT2D eigenvalue weighted by molar-refractivity contribution is -0.123. The topological polar surface area (TPSA) is 42.0 Å². The van der Waals surface area contributed by atoms with E-state index < -0.39 is 5.92 Å². The molecule has 0 saturated carbocycles. The van der Waals surface area contributed by atoms with Gasteiger partial charge < -0.3 is 5.32 Å². The fourth-order valence-corrected chi connectivity index (χ4v) is 4.55. The summed E-state index contributed by atoms with van der Waals surface area (Å²) in [7, 11) is 0. The zero-order chi connectivity index (χ0) is 22.1. The molecule has 0 spiro atoms. The number of carbonyl (C=O) groups is 1. The summed E-state index contributed by atoms with van der Waals surface area (Å²) in [6.07, 6.45) is 4.13. The fourth-order valence-electron chi connectivity index (χ4n) is 4.55. The third-order valence-electron chi connectivity index (χ3n) is 6.16. The largest absolute Gasteiger partial charge is 0.351 e. The highest BCUT2D eigenvalue weighted by Gasteiger charge is 2.34. The van der Waals surface area contributed by atoms with Crippen LogP contribution in [0.3, 0.4) is 0 Å². The summed E-state index contributed by atoms with van der Waals surface area (Å²) in [5, 5.41) is 3.54. The van der Waals surface area contributed by atoms with Crippen molar-refractivity contribution in [3.63, 3.8) is 0 Å². The summed E-state index contributed by atoms with van der Waals surface area (Å²) in [5.74, 6) is -1.09. The average Bonchev–Trinajstić information content (AvgIpc) is 3.23. The van der Waals surface area contributed by atoms with E-state index in [-0.39, 0.29) is 17.6 Å². The van der Waals surface area contributed by atoms with E-state index in [9.17, 15) is 9.18 Å². The number of amides is 1. The molecule has 0 bridgehead atoms. The van der Waals surface area contributed by atoms with Crippen molar-refractivity contribution in [1.82, 2.24) is 10.3 Å². The van der Waals surface area contributed by atoms with Crippen molar-refractivity contribution in [2.75, 3.05) is 0 Å². The van der Waals surface area contributed by atoms with Gasteiger partial charge in [-0.05, 0) is 47.4 Å². The molecule has 0 fully saturated rings. The maximum absolute atomic E-state index is 14.6. The Morgan fingerprint density at radius 2 is 1.81 bits per heavy atom. The van der Waals surface area contributed by atoms with Crippen molar-refractivity contribution in [1.29, 1.82) is 0 Å². The monoisotopic (exact) mass is 422 g/mol. The van der Waals surface area contributed by atoms with Gasteiger partial charge in [-0.15, -0.1) is 0 Å². The Labute approximate surface area is 186 Å². The van der Waals surface area contributed by atoms with E-state index >= 15 is 0 Å². The van der Waals surface area contributed by atoms with Gasteiger partial charge in [0.1, 0.15) is 5.82 Å². The van der Waals surface area contributed by atoms with Crippen LogP contribution in [0, 0.1) is 12.7 Å². The number of benzene rings is 3. The summed E-state index contributed by atoms with van der Waals surface area (Å²) >= 11 is 0. The Morgan fingerprint density at radius 3 is 2.66 bits per heavy atom. The highest BCUT2D eigenvalue weighted by atomic mass is 19.1. The predicted molar refractivity (Wildman–Crippen MR) is 126 cm³/mol. The van der Waals surface area contributed by atoms with Gasteiger partial charge in [-0.25, -0.2) is 4.39 Å². The maximum Gasteiger partial charge on any atom is 0.228 e. The van der Waals surface area contributed by atoms with Gasteiger partial charge in [0.15, 0.2) is 0 Å². The van der Waals surface area contributed by atoms with Crippen molar-refractivity contribution in [3.05, 3.63) is 119 Å². The first-order valence-electron chi connectivity index (χ1n) is 10.8. The molecule has 158 valence electrons. The molecule has 1 aliphatic carbocycles. The minimum atomic E-state index is -0.518. The number of aromatic nitrogens is 1. The smallest absolute Gasteiger partial charge is 0.228 e. The second-order valence-electron chi connectivity index (χ2n) is 8.16. The lowest BCUT2D eigenvalue weighted by atomic mass is 9.81. The Morgan fingerprint density at radius 1 is 1.03 bits per heavy atom. The van der Waals surface area contributed by atoms with Gasteiger partial charge in [0.2, 0.25) is 5.91 Å². The molecule has 3 aromatic carbocycles. The molecule has 5 rings (SSSR count). The van der Waals surface area contributed by atoms with E-state index in [1.165, 1.54) is 6.07 Å². The van der Waals surface area contributed by atoms with Crippen LogP contribution >= 0.6 is 0 Å². The molecule has 32 heavy (non-hydrogen) atoms. The molecule has 2 unspecified atom stereocenters. The van der Waals surface area contributed by atoms with Crippen molar-refractivity contribution in [3.8, 4) is 0 Å². The van der Waals surface area contributed by atoms with Gasteiger partial charge in [-0.2, -0.15) is 0 Å². The first kappa shape index (κ1) is 20.1. The quantitative estimate of drug-likeness (QED) is 0.436. The molecule has 2 atom stereocenters. The van der Waals surface area contributed by atoms with Gasteiger partial charge in [0, 0.05) is 23.5 Å². The lowest BCUT2D eigenvalue weighted by Gasteiger charge is -2.25. The zero-order valence-electron chi connectivity index (χ0n) is 17.8. The van der Waals surface area contributed by atoms with E-state index in [0.717, 1.165) is 27.9 Å². The van der Waals surface area contributed by atoms with Crippen LogP contribution in [0.1, 0.15) is 39.8 Å². The molecule has 0 saturated heterocycles. The molecule has 1 N–H and O–H groups in total. The van der Waals surface area contributed by atoms with Crippen LogP contribution < -0.4 is 5.32 Å². The van der Waals surface area contributed by atoms with Crippen LogP contribution in [0.25, 0.3) is 17.0 Å². The van der Waals surface area contributed by atoms with Gasteiger partial charge in [0.25, 0.3) is 0 Å². The molecular formula is C28H23FN2O. The van der Waals surface area contributed by atoms with Crippen LogP contribution in [0.5, 0.6) is 0 Å². The first-order chi connectivity index (χ1) is 15.6. The number of rotatable bonds is 5. The number of hydrogen-bond acceptors (Lipinski definition) is 2. The third-order valence-corrected chi connectivity index (χ3v) is 6.16. The SMILES string of the molecule is Cc1nc2cccc(F)c2cc1C(C(=O)NCc1ccccc1)C1C=Cc2ccccc21.